The summed E-state index contributed by atoms with van der Waals surface area (Å²) in [6.45, 7) is 2.60. The molecule has 3 aromatic rings. The third kappa shape index (κ3) is 1.82. The second-order valence-corrected chi connectivity index (χ2v) is 3.89. The summed E-state index contributed by atoms with van der Waals surface area (Å²) in [5.74, 6) is 1.62. The smallest absolute Gasteiger partial charge is 0.178 e. The fourth-order valence-electron chi connectivity index (χ4n) is 1.92. The summed E-state index contributed by atoms with van der Waals surface area (Å²) in [6, 6.07) is 11.7. The van der Waals surface area contributed by atoms with Crippen LogP contribution in [0.5, 0.6) is 5.75 Å². The Bertz CT molecular complexity index is 642. The Morgan fingerprint density at radius 2 is 2.06 bits per heavy atom. The molecule has 0 aliphatic rings. The van der Waals surface area contributed by atoms with Gasteiger partial charge in [-0.2, -0.15) is 0 Å². The molecule has 4 heteroatoms. The third-order valence-electron chi connectivity index (χ3n) is 2.70. The quantitative estimate of drug-likeness (QED) is 0.764. The van der Waals surface area contributed by atoms with Crippen molar-refractivity contribution in [3.63, 3.8) is 0 Å². The van der Waals surface area contributed by atoms with Crippen molar-refractivity contribution in [2.75, 3.05) is 6.61 Å². The van der Waals surface area contributed by atoms with Crippen LogP contribution in [0.2, 0.25) is 0 Å². The van der Waals surface area contributed by atoms with E-state index < -0.39 is 0 Å². The molecule has 0 atom stereocenters. The minimum absolute atomic E-state index is 0.634. The molecule has 1 aromatic carbocycles. The molecule has 0 bridgehead atoms. The van der Waals surface area contributed by atoms with Gasteiger partial charge < -0.3 is 9.72 Å². The number of nitrogens with zero attached hydrogens (tertiary/aromatic N) is 2. The van der Waals surface area contributed by atoms with Crippen LogP contribution in [0.25, 0.3) is 22.6 Å². The fourth-order valence-corrected chi connectivity index (χ4v) is 1.92. The number of hydrogen-bond acceptors (Lipinski definition) is 3. The number of aromatic nitrogens is 3. The van der Waals surface area contributed by atoms with Crippen molar-refractivity contribution in [3.05, 3.63) is 42.6 Å². The van der Waals surface area contributed by atoms with Crippen molar-refractivity contribution in [1.29, 1.82) is 0 Å². The lowest BCUT2D eigenvalue weighted by atomic mass is 10.2. The van der Waals surface area contributed by atoms with Crippen molar-refractivity contribution < 1.29 is 4.74 Å². The van der Waals surface area contributed by atoms with Gasteiger partial charge in [-0.25, -0.2) is 9.97 Å². The monoisotopic (exact) mass is 239 g/mol. The minimum Gasteiger partial charge on any atom is -0.493 e. The Hall–Kier alpha value is -2.36. The van der Waals surface area contributed by atoms with E-state index in [1.54, 1.807) is 6.20 Å². The highest BCUT2D eigenvalue weighted by atomic mass is 16.5. The lowest BCUT2D eigenvalue weighted by molar-refractivity contribution is 0.341. The number of para-hydroxylation sites is 1. The van der Waals surface area contributed by atoms with Crippen LogP contribution in [0.15, 0.2) is 42.6 Å². The Kier molecular flexibility index (Phi) is 2.68. The zero-order chi connectivity index (χ0) is 12.4. The molecule has 0 amide bonds. The van der Waals surface area contributed by atoms with E-state index in [-0.39, 0.29) is 0 Å². The largest absolute Gasteiger partial charge is 0.493 e. The van der Waals surface area contributed by atoms with E-state index in [0.29, 0.717) is 6.61 Å². The van der Waals surface area contributed by atoms with Crippen LogP contribution in [0, 0.1) is 0 Å². The van der Waals surface area contributed by atoms with Crippen LogP contribution < -0.4 is 4.74 Å². The molecule has 0 aliphatic carbocycles. The molecule has 3 rings (SSSR count). The van der Waals surface area contributed by atoms with E-state index in [1.807, 2.05) is 43.3 Å². The van der Waals surface area contributed by atoms with Crippen LogP contribution in [0.3, 0.4) is 0 Å². The molecule has 0 saturated carbocycles. The van der Waals surface area contributed by atoms with Crippen LogP contribution in [0.1, 0.15) is 6.92 Å². The molecule has 0 saturated heterocycles. The molecule has 0 fully saturated rings. The van der Waals surface area contributed by atoms with Gasteiger partial charge in [0.05, 0.1) is 17.7 Å². The lowest BCUT2D eigenvalue weighted by Gasteiger charge is -2.07. The van der Waals surface area contributed by atoms with Gasteiger partial charge in [0.25, 0.3) is 0 Å². The zero-order valence-electron chi connectivity index (χ0n) is 10.1. The molecule has 2 heterocycles. The number of aromatic amines is 1. The summed E-state index contributed by atoms with van der Waals surface area (Å²) in [6.07, 6.45) is 1.74. The van der Waals surface area contributed by atoms with E-state index in [9.17, 15) is 0 Å². The molecule has 0 radical (unpaired) electrons. The molecule has 1 N–H and O–H groups in total. The molecule has 2 aromatic heterocycles. The first-order valence-electron chi connectivity index (χ1n) is 5.91. The lowest BCUT2D eigenvalue weighted by Crippen LogP contribution is -1.94. The van der Waals surface area contributed by atoms with E-state index in [1.165, 1.54) is 0 Å². The summed E-state index contributed by atoms with van der Waals surface area (Å²) in [4.78, 5) is 12.0. The first kappa shape index (κ1) is 10.8. The number of nitrogens with one attached hydrogen (secondary N) is 1. The maximum Gasteiger partial charge on any atom is 0.178 e. The second kappa shape index (κ2) is 4.49. The number of H-pyrrole nitrogens is 1. The Morgan fingerprint density at radius 3 is 2.89 bits per heavy atom. The summed E-state index contributed by atoms with van der Waals surface area (Å²) < 4.78 is 5.61. The number of pyridine rings is 1. The number of rotatable bonds is 3. The minimum atomic E-state index is 0.634. The van der Waals surface area contributed by atoms with Gasteiger partial charge >= 0.3 is 0 Å². The van der Waals surface area contributed by atoms with Crippen molar-refractivity contribution in [1.82, 2.24) is 15.0 Å². The second-order valence-electron chi connectivity index (χ2n) is 3.89. The van der Waals surface area contributed by atoms with Gasteiger partial charge in [-0.05, 0) is 31.2 Å². The molecular formula is C14H13N3O. The maximum atomic E-state index is 5.61. The number of benzene rings is 1. The molecular weight excluding hydrogens is 226 g/mol. The summed E-state index contributed by atoms with van der Waals surface area (Å²) in [5.41, 5.74) is 2.61. The van der Waals surface area contributed by atoms with Gasteiger partial charge in [0.15, 0.2) is 5.65 Å². The van der Waals surface area contributed by atoms with Crippen molar-refractivity contribution in [2.24, 2.45) is 0 Å². The highest BCUT2D eigenvalue weighted by Gasteiger charge is 2.10. The highest BCUT2D eigenvalue weighted by Crippen LogP contribution is 2.28. The predicted octanol–water partition coefficient (Wildman–Crippen LogP) is 3.02. The highest BCUT2D eigenvalue weighted by molar-refractivity contribution is 5.77. The van der Waals surface area contributed by atoms with Crippen LogP contribution in [-0.4, -0.2) is 21.6 Å². The van der Waals surface area contributed by atoms with Crippen molar-refractivity contribution in [3.8, 4) is 17.1 Å². The normalized spacial score (nSPS) is 10.7. The number of imidazole rings is 1. The SMILES string of the molecule is CCOc1ccccc1-c1nc2ncccc2[nH]1. The zero-order valence-corrected chi connectivity index (χ0v) is 10.1. The molecule has 0 spiro atoms. The average Bonchev–Trinajstić information content (AvgIpc) is 2.83. The van der Waals surface area contributed by atoms with Crippen molar-refractivity contribution in [2.45, 2.75) is 6.92 Å². The number of ether oxygens (including phenoxy) is 1. The summed E-state index contributed by atoms with van der Waals surface area (Å²) >= 11 is 0. The van der Waals surface area contributed by atoms with Gasteiger partial charge in [0.2, 0.25) is 0 Å². The Balaban J connectivity index is 2.13. The van der Waals surface area contributed by atoms with Gasteiger partial charge in [-0.3, -0.25) is 0 Å². The summed E-state index contributed by atoms with van der Waals surface area (Å²) in [7, 11) is 0. The van der Waals surface area contributed by atoms with Crippen molar-refractivity contribution >= 4 is 11.2 Å². The molecule has 18 heavy (non-hydrogen) atoms. The molecule has 0 unspecified atom stereocenters. The van der Waals surface area contributed by atoms with Gasteiger partial charge in [-0.15, -0.1) is 0 Å². The molecule has 0 aliphatic heterocycles. The molecule has 4 nitrogen and oxygen atoms in total. The van der Waals surface area contributed by atoms with Crippen LogP contribution in [0.4, 0.5) is 0 Å². The predicted molar refractivity (Wildman–Crippen MR) is 70.5 cm³/mol. The molecule has 90 valence electrons. The van der Waals surface area contributed by atoms with Gasteiger partial charge in [-0.1, -0.05) is 12.1 Å². The first-order valence-corrected chi connectivity index (χ1v) is 5.91. The topological polar surface area (TPSA) is 50.8 Å². The Labute approximate surface area is 105 Å². The fraction of sp³-hybridized carbons (Fsp3) is 0.143. The maximum absolute atomic E-state index is 5.61. The van der Waals surface area contributed by atoms with Gasteiger partial charge in [0.1, 0.15) is 11.6 Å². The number of fused-ring (bicyclic) bond motifs is 1. The Morgan fingerprint density at radius 1 is 1.17 bits per heavy atom. The van der Waals surface area contributed by atoms with E-state index in [0.717, 1.165) is 28.3 Å². The van der Waals surface area contributed by atoms with E-state index >= 15 is 0 Å². The standard InChI is InChI=1S/C14H13N3O/c1-2-18-12-8-4-3-6-10(12)13-16-11-7-5-9-15-14(11)17-13/h3-9H,2H2,1H3,(H,15,16,17). The summed E-state index contributed by atoms with van der Waals surface area (Å²) in [5, 5.41) is 0. The third-order valence-corrected chi connectivity index (χ3v) is 2.70. The van der Waals surface area contributed by atoms with E-state index in [4.69, 9.17) is 4.74 Å². The van der Waals surface area contributed by atoms with Crippen LogP contribution in [-0.2, 0) is 0 Å². The average molecular weight is 239 g/mol. The number of hydrogen-bond donors (Lipinski definition) is 1. The van der Waals surface area contributed by atoms with Crippen LogP contribution >= 0.6 is 0 Å². The van der Waals surface area contributed by atoms with E-state index in [2.05, 4.69) is 15.0 Å². The van der Waals surface area contributed by atoms with Gasteiger partial charge in [0, 0.05) is 6.20 Å². The first-order chi connectivity index (χ1) is 8.88.